The molecule has 0 bridgehead atoms. The highest BCUT2D eigenvalue weighted by atomic mass is 32.2. The molecule has 1 aliphatic carbocycles. The van der Waals surface area contributed by atoms with Gasteiger partial charge in [0.25, 0.3) is 0 Å². The summed E-state index contributed by atoms with van der Waals surface area (Å²) in [7, 11) is 0. The van der Waals surface area contributed by atoms with Gasteiger partial charge in [-0.15, -0.1) is 0 Å². The third kappa shape index (κ3) is 5.77. The molecule has 3 aromatic rings. The van der Waals surface area contributed by atoms with Crippen LogP contribution in [-0.4, -0.2) is 63.8 Å². The molecule has 0 spiro atoms. The van der Waals surface area contributed by atoms with E-state index in [4.69, 9.17) is 14.7 Å². The quantitative estimate of drug-likeness (QED) is 0.337. The summed E-state index contributed by atoms with van der Waals surface area (Å²) in [5, 5.41) is 1.90. The Morgan fingerprint density at radius 3 is 2.59 bits per heavy atom. The molecular formula is C27H32N4O2S. The summed E-state index contributed by atoms with van der Waals surface area (Å²) in [4.78, 5) is 27.6. The molecule has 2 fully saturated rings. The number of carbonyl (C=O) groups is 1. The van der Waals surface area contributed by atoms with Gasteiger partial charge < -0.3 is 9.64 Å². The molecule has 1 amide bonds. The molecule has 1 saturated carbocycles. The largest absolute Gasteiger partial charge is 0.379 e. The average molecular weight is 477 g/mol. The standard InChI is InChI=1S/C27H32N4O2S/c1-20(22-11-12-22)31(17-21-7-3-2-4-8-21)26(32)19-34-27-23-9-5-6-10-24(23)28-25(29-27)18-30-13-15-33-16-14-30/h2-10,20,22H,11-19H2,1H3. The molecule has 0 N–H and O–H groups in total. The van der Waals surface area contributed by atoms with Gasteiger partial charge in [-0.1, -0.05) is 60.3 Å². The van der Waals surface area contributed by atoms with Gasteiger partial charge in [0.05, 0.1) is 31.0 Å². The Morgan fingerprint density at radius 1 is 1.09 bits per heavy atom. The predicted octanol–water partition coefficient (Wildman–Crippen LogP) is 4.38. The number of thioether (sulfide) groups is 1. The number of hydrogen-bond donors (Lipinski definition) is 0. The first-order valence-electron chi connectivity index (χ1n) is 12.2. The Hall–Kier alpha value is -2.48. The first-order chi connectivity index (χ1) is 16.7. The van der Waals surface area contributed by atoms with Gasteiger partial charge in [-0.25, -0.2) is 9.97 Å². The summed E-state index contributed by atoms with van der Waals surface area (Å²) in [5.74, 6) is 1.98. The summed E-state index contributed by atoms with van der Waals surface area (Å²) in [6, 6.07) is 18.7. The van der Waals surface area contributed by atoms with Crippen molar-refractivity contribution in [2.45, 2.75) is 43.9 Å². The maximum absolute atomic E-state index is 13.5. The lowest BCUT2D eigenvalue weighted by atomic mass is 10.1. The molecule has 2 heterocycles. The van der Waals surface area contributed by atoms with Crippen LogP contribution in [0.4, 0.5) is 0 Å². The molecule has 1 saturated heterocycles. The van der Waals surface area contributed by atoms with Gasteiger partial charge >= 0.3 is 0 Å². The summed E-state index contributed by atoms with van der Waals surface area (Å²) in [6.07, 6.45) is 2.43. The molecular weight excluding hydrogens is 444 g/mol. The molecule has 2 aliphatic rings. The Bertz CT molecular complexity index is 1120. The maximum Gasteiger partial charge on any atom is 0.233 e. The van der Waals surface area contributed by atoms with Crippen molar-refractivity contribution in [1.29, 1.82) is 0 Å². The molecule has 0 radical (unpaired) electrons. The predicted molar refractivity (Wildman–Crippen MR) is 136 cm³/mol. The number of hydrogen-bond acceptors (Lipinski definition) is 6. The molecule has 1 atom stereocenters. The fourth-order valence-corrected chi connectivity index (χ4v) is 5.44. The number of benzene rings is 2. The van der Waals surface area contributed by atoms with E-state index in [1.165, 1.54) is 30.2 Å². The van der Waals surface area contributed by atoms with Gasteiger partial charge in [0.1, 0.15) is 10.9 Å². The molecule has 6 nitrogen and oxygen atoms in total. The van der Waals surface area contributed by atoms with Crippen molar-refractivity contribution in [3.8, 4) is 0 Å². The van der Waals surface area contributed by atoms with Crippen LogP contribution in [0.15, 0.2) is 59.6 Å². The molecule has 1 aliphatic heterocycles. The molecule has 5 rings (SSSR count). The summed E-state index contributed by atoms with van der Waals surface area (Å²) >= 11 is 1.54. The van der Waals surface area contributed by atoms with Crippen LogP contribution in [0.25, 0.3) is 10.9 Å². The van der Waals surface area contributed by atoms with E-state index in [1.54, 1.807) is 0 Å². The van der Waals surface area contributed by atoms with E-state index < -0.39 is 0 Å². The molecule has 178 valence electrons. The lowest BCUT2D eigenvalue weighted by Crippen LogP contribution is -2.40. The van der Waals surface area contributed by atoms with Crippen LogP contribution in [0.2, 0.25) is 0 Å². The van der Waals surface area contributed by atoms with E-state index in [0.29, 0.717) is 24.8 Å². The minimum absolute atomic E-state index is 0.172. The second-order valence-electron chi connectivity index (χ2n) is 9.22. The van der Waals surface area contributed by atoms with Crippen LogP contribution in [0.1, 0.15) is 31.2 Å². The van der Waals surface area contributed by atoms with Gasteiger partial charge in [0.15, 0.2) is 0 Å². The second-order valence-corrected chi connectivity index (χ2v) is 10.2. The van der Waals surface area contributed by atoms with Crippen molar-refractivity contribution in [2.24, 2.45) is 5.92 Å². The Labute approximate surface area is 205 Å². The van der Waals surface area contributed by atoms with Crippen molar-refractivity contribution >= 4 is 28.6 Å². The number of nitrogens with zero attached hydrogens (tertiary/aromatic N) is 4. The molecule has 1 unspecified atom stereocenters. The number of amides is 1. The minimum atomic E-state index is 0.172. The van der Waals surface area contributed by atoms with Crippen LogP contribution in [0, 0.1) is 5.92 Å². The first-order valence-corrected chi connectivity index (χ1v) is 13.2. The SMILES string of the molecule is CC(C1CC1)N(Cc1ccccc1)C(=O)CSc1nc(CN2CCOCC2)nc2ccccc12. The lowest BCUT2D eigenvalue weighted by Gasteiger charge is -2.29. The zero-order chi connectivity index (χ0) is 23.3. The van der Waals surface area contributed by atoms with Gasteiger partial charge in [0, 0.05) is 31.1 Å². The van der Waals surface area contributed by atoms with E-state index in [2.05, 4.69) is 34.9 Å². The minimum Gasteiger partial charge on any atom is -0.379 e. The van der Waals surface area contributed by atoms with E-state index in [1.807, 2.05) is 36.4 Å². The summed E-state index contributed by atoms with van der Waals surface area (Å²) in [5.41, 5.74) is 2.11. The van der Waals surface area contributed by atoms with Crippen LogP contribution in [-0.2, 0) is 22.6 Å². The summed E-state index contributed by atoms with van der Waals surface area (Å²) in [6.45, 7) is 6.85. The first kappa shape index (κ1) is 23.3. The Kier molecular flexibility index (Phi) is 7.42. The van der Waals surface area contributed by atoms with Gasteiger partial charge in [0.2, 0.25) is 5.91 Å². The van der Waals surface area contributed by atoms with Gasteiger partial charge in [-0.05, 0) is 37.3 Å². The van der Waals surface area contributed by atoms with Gasteiger partial charge in [-0.3, -0.25) is 9.69 Å². The Balaban J connectivity index is 1.33. The highest BCUT2D eigenvalue weighted by molar-refractivity contribution is 8.00. The monoisotopic (exact) mass is 476 g/mol. The zero-order valence-electron chi connectivity index (χ0n) is 19.7. The van der Waals surface area contributed by atoms with Crippen molar-refractivity contribution in [1.82, 2.24) is 19.8 Å². The third-order valence-corrected chi connectivity index (χ3v) is 7.70. The Morgan fingerprint density at radius 2 is 1.82 bits per heavy atom. The van der Waals surface area contributed by atoms with Crippen LogP contribution in [0.3, 0.4) is 0 Å². The number of morpholine rings is 1. The maximum atomic E-state index is 13.5. The smallest absolute Gasteiger partial charge is 0.233 e. The van der Waals surface area contributed by atoms with E-state index >= 15 is 0 Å². The number of fused-ring (bicyclic) bond motifs is 1. The molecule has 2 aromatic carbocycles. The van der Waals surface area contributed by atoms with Crippen molar-refractivity contribution in [3.05, 3.63) is 66.0 Å². The lowest BCUT2D eigenvalue weighted by molar-refractivity contribution is -0.131. The number of carbonyl (C=O) groups excluding carboxylic acids is 1. The van der Waals surface area contributed by atoms with Crippen molar-refractivity contribution < 1.29 is 9.53 Å². The highest BCUT2D eigenvalue weighted by Gasteiger charge is 2.34. The summed E-state index contributed by atoms with van der Waals surface area (Å²) < 4.78 is 5.47. The topological polar surface area (TPSA) is 58.6 Å². The number of ether oxygens (including phenoxy) is 1. The fourth-order valence-electron chi connectivity index (χ4n) is 4.52. The molecule has 7 heteroatoms. The molecule has 1 aromatic heterocycles. The van der Waals surface area contributed by atoms with Crippen LogP contribution >= 0.6 is 11.8 Å². The number of rotatable bonds is 9. The van der Waals surface area contributed by atoms with E-state index in [0.717, 1.165) is 48.1 Å². The highest BCUT2D eigenvalue weighted by Crippen LogP contribution is 2.36. The van der Waals surface area contributed by atoms with Crippen molar-refractivity contribution in [2.75, 3.05) is 32.1 Å². The third-order valence-electron chi connectivity index (χ3n) is 6.73. The number of para-hydroxylation sites is 1. The average Bonchev–Trinajstić information content (AvgIpc) is 3.72. The van der Waals surface area contributed by atoms with Gasteiger partial charge in [-0.2, -0.15) is 0 Å². The van der Waals surface area contributed by atoms with Crippen LogP contribution < -0.4 is 0 Å². The zero-order valence-corrected chi connectivity index (χ0v) is 20.5. The van der Waals surface area contributed by atoms with E-state index in [-0.39, 0.29) is 11.9 Å². The fraction of sp³-hybridized carbons (Fsp3) is 0.444. The normalized spacial score (nSPS) is 17.6. The molecule has 34 heavy (non-hydrogen) atoms. The number of aromatic nitrogens is 2. The van der Waals surface area contributed by atoms with E-state index in [9.17, 15) is 4.79 Å². The second kappa shape index (κ2) is 10.8. The van der Waals surface area contributed by atoms with Crippen LogP contribution in [0.5, 0.6) is 0 Å². The van der Waals surface area contributed by atoms with Crippen molar-refractivity contribution in [3.63, 3.8) is 0 Å².